The van der Waals surface area contributed by atoms with Gasteiger partial charge in [-0.3, -0.25) is 4.79 Å². The standard InChI is InChI=1S/C28H21I2NO4/c1-15-22(28(33)34-2)23(24-25(31-15)18-10-6-7-11-19(18)26(24)32)17-12-20(29)27(21(30)13-17)35-14-16-8-4-3-5-9-16/h3-13,23,31H,14H2,1-2H3/t23-/m0/s1. The molecule has 5 rings (SSSR count). The Bertz CT molecular complexity index is 1400. The first kappa shape index (κ1) is 24.1. The van der Waals surface area contributed by atoms with E-state index in [0.29, 0.717) is 29.0 Å². The molecule has 0 saturated heterocycles. The molecule has 0 fully saturated rings. The topological polar surface area (TPSA) is 64.6 Å². The summed E-state index contributed by atoms with van der Waals surface area (Å²) in [5, 5.41) is 3.32. The summed E-state index contributed by atoms with van der Waals surface area (Å²) in [4.78, 5) is 26.5. The van der Waals surface area contributed by atoms with Gasteiger partial charge in [0.25, 0.3) is 0 Å². The minimum atomic E-state index is -0.552. The van der Waals surface area contributed by atoms with Gasteiger partial charge < -0.3 is 14.8 Å². The Balaban J connectivity index is 1.59. The number of nitrogens with one attached hydrogen (secondary N) is 1. The van der Waals surface area contributed by atoms with Crippen LogP contribution in [0.25, 0.3) is 5.70 Å². The molecule has 0 bridgehead atoms. The summed E-state index contributed by atoms with van der Waals surface area (Å²) in [6.45, 7) is 2.30. The number of hydrogen-bond acceptors (Lipinski definition) is 5. The summed E-state index contributed by atoms with van der Waals surface area (Å²) in [6.07, 6.45) is 0. The zero-order valence-corrected chi connectivity index (χ0v) is 23.3. The molecule has 0 aromatic heterocycles. The second-order valence-corrected chi connectivity index (χ2v) is 10.7. The van der Waals surface area contributed by atoms with Crippen LogP contribution in [-0.4, -0.2) is 18.9 Å². The van der Waals surface area contributed by atoms with Crippen LogP contribution in [0.3, 0.4) is 0 Å². The van der Waals surface area contributed by atoms with Crippen molar-refractivity contribution in [3.8, 4) is 5.75 Å². The van der Waals surface area contributed by atoms with Crippen molar-refractivity contribution >= 4 is 62.6 Å². The lowest BCUT2D eigenvalue weighted by Gasteiger charge is -2.29. The molecular formula is C28H21I2NO4. The van der Waals surface area contributed by atoms with Crippen LogP contribution in [0.5, 0.6) is 5.75 Å². The van der Waals surface area contributed by atoms with Crippen LogP contribution in [0.2, 0.25) is 0 Å². The maximum Gasteiger partial charge on any atom is 0.336 e. The number of dihydropyridines is 1. The lowest BCUT2D eigenvalue weighted by molar-refractivity contribution is -0.136. The van der Waals surface area contributed by atoms with Crippen LogP contribution in [0.4, 0.5) is 0 Å². The molecule has 35 heavy (non-hydrogen) atoms. The monoisotopic (exact) mass is 689 g/mol. The number of halogens is 2. The summed E-state index contributed by atoms with van der Waals surface area (Å²) < 4.78 is 13.1. The predicted molar refractivity (Wildman–Crippen MR) is 151 cm³/mol. The van der Waals surface area contributed by atoms with E-state index in [9.17, 15) is 9.59 Å². The van der Waals surface area contributed by atoms with Crippen molar-refractivity contribution in [2.24, 2.45) is 0 Å². The molecule has 0 saturated carbocycles. The van der Waals surface area contributed by atoms with Gasteiger partial charge in [-0.25, -0.2) is 4.79 Å². The average molecular weight is 689 g/mol. The molecule has 1 heterocycles. The van der Waals surface area contributed by atoms with Crippen molar-refractivity contribution in [3.05, 3.63) is 113 Å². The number of benzene rings is 3. The third-order valence-electron chi connectivity index (χ3n) is 6.23. The predicted octanol–water partition coefficient (Wildman–Crippen LogP) is 6.22. The number of rotatable bonds is 5. The Labute approximate surface area is 230 Å². The SMILES string of the molecule is COC(=O)C1=C(C)NC2=C(C(=O)c3ccccc32)[C@H]1c1cc(I)c(OCc2ccccc2)c(I)c1. The quantitative estimate of drug-likeness (QED) is 0.255. The first-order valence-corrected chi connectivity index (χ1v) is 13.2. The number of Topliss-reactive ketones (excluding diaryl/α,β-unsaturated/α-hetero) is 1. The number of carbonyl (C=O) groups excluding carboxylic acids is 2. The third kappa shape index (κ3) is 4.29. The van der Waals surface area contributed by atoms with E-state index in [1.807, 2.05) is 73.7 Å². The van der Waals surface area contributed by atoms with Gasteiger partial charge in [0.15, 0.2) is 5.78 Å². The largest absolute Gasteiger partial charge is 0.487 e. The molecule has 1 aliphatic carbocycles. The van der Waals surface area contributed by atoms with Crippen LogP contribution in [0.1, 0.15) is 39.9 Å². The van der Waals surface area contributed by atoms with E-state index < -0.39 is 11.9 Å². The lowest BCUT2D eigenvalue weighted by Crippen LogP contribution is -2.29. The van der Waals surface area contributed by atoms with Crippen molar-refractivity contribution in [2.75, 3.05) is 7.11 Å². The van der Waals surface area contributed by atoms with Gasteiger partial charge in [0.1, 0.15) is 12.4 Å². The molecule has 2 aliphatic rings. The van der Waals surface area contributed by atoms with Gasteiger partial charge in [-0.15, -0.1) is 0 Å². The highest BCUT2D eigenvalue weighted by Gasteiger charge is 2.43. The van der Waals surface area contributed by atoms with E-state index >= 15 is 0 Å². The van der Waals surface area contributed by atoms with Crippen LogP contribution in [0.15, 0.2) is 83.6 Å². The van der Waals surface area contributed by atoms with Gasteiger partial charge in [0.05, 0.1) is 25.5 Å². The molecule has 0 radical (unpaired) electrons. The van der Waals surface area contributed by atoms with E-state index in [1.165, 1.54) is 7.11 Å². The number of fused-ring (bicyclic) bond motifs is 2. The molecule has 0 spiro atoms. The number of esters is 1. The highest BCUT2D eigenvalue weighted by atomic mass is 127. The minimum Gasteiger partial charge on any atom is -0.487 e. The average Bonchev–Trinajstić information content (AvgIpc) is 3.14. The summed E-state index contributed by atoms with van der Waals surface area (Å²) in [7, 11) is 1.36. The maximum atomic E-state index is 13.6. The summed E-state index contributed by atoms with van der Waals surface area (Å²) in [6, 6.07) is 21.5. The fraction of sp³-hybridized carbons (Fsp3) is 0.143. The zero-order chi connectivity index (χ0) is 24.7. The third-order valence-corrected chi connectivity index (χ3v) is 7.84. The van der Waals surface area contributed by atoms with E-state index in [4.69, 9.17) is 9.47 Å². The molecular weight excluding hydrogens is 668 g/mol. The molecule has 0 unspecified atom stereocenters. The summed E-state index contributed by atoms with van der Waals surface area (Å²) in [5.74, 6) is -0.298. The van der Waals surface area contributed by atoms with Crippen molar-refractivity contribution in [3.63, 3.8) is 0 Å². The fourth-order valence-electron chi connectivity index (χ4n) is 4.66. The van der Waals surface area contributed by atoms with Crippen LogP contribution < -0.4 is 10.1 Å². The van der Waals surface area contributed by atoms with Crippen LogP contribution >= 0.6 is 45.2 Å². The highest BCUT2D eigenvalue weighted by molar-refractivity contribution is 14.1. The van der Waals surface area contributed by atoms with Gasteiger partial charge >= 0.3 is 5.97 Å². The van der Waals surface area contributed by atoms with Gasteiger partial charge in [0, 0.05) is 28.3 Å². The number of ether oxygens (including phenoxy) is 2. The van der Waals surface area contributed by atoms with Crippen molar-refractivity contribution in [1.82, 2.24) is 5.32 Å². The van der Waals surface area contributed by atoms with Crippen molar-refractivity contribution < 1.29 is 19.1 Å². The van der Waals surface area contributed by atoms with E-state index in [1.54, 1.807) is 0 Å². The molecule has 0 amide bonds. The second kappa shape index (κ2) is 9.77. The Hall–Kier alpha value is -2.66. The smallest absolute Gasteiger partial charge is 0.336 e. The van der Waals surface area contributed by atoms with Gasteiger partial charge in [0.2, 0.25) is 0 Å². The number of carbonyl (C=O) groups is 2. The fourth-order valence-corrected chi connectivity index (χ4v) is 6.78. The summed E-state index contributed by atoms with van der Waals surface area (Å²) >= 11 is 4.51. The van der Waals surface area contributed by atoms with E-state index in [0.717, 1.165) is 35.3 Å². The van der Waals surface area contributed by atoms with Crippen LogP contribution in [-0.2, 0) is 16.1 Å². The number of hydrogen-bond donors (Lipinski definition) is 1. The molecule has 176 valence electrons. The van der Waals surface area contributed by atoms with E-state index in [-0.39, 0.29) is 5.78 Å². The molecule has 1 aliphatic heterocycles. The maximum absolute atomic E-state index is 13.6. The molecule has 3 aromatic carbocycles. The van der Waals surface area contributed by atoms with E-state index in [2.05, 4.69) is 50.5 Å². The van der Waals surface area contributed by atoms with Gasteiger partial charge in [-0.05, 0) is 75.4 Å². The minimum absolute atomic E-state index is 0.0728. The van der Waals surface area contributed by atoms with Crippen molar-refractivity contribution in [1.29, 1.82) is 0 Å². The molecule has 5 nitrogen and oxygen atoms in total. The lowest BCUT2D eigenvalue weighted by atomic mass is 9.80. The van der Waals surface area contributed by atoms with Crippen LogP contribution in [0, 0.1) is 7.14 Å². The van der Waals surface area contributed by atoms with Crippen molar-refractivity contribution in [2.45, 2.75) is 19.4 Å². The van der Waals surface area contributed by atoms with Gasteiger partial charge in [-0.2, -0.15) is 0 Å². The van der Waals surface area contributed by atoms with Gasteiger partial charge in [-0.1, -0.05) is 54.6 Å². The molecule has 1 N–H and O–H groups in total. The Morgan fingerprint density at radius 3 is 2.26 bits per heavy atom. The molecule has 1 atom stereocenters. The first-order valence-electron chi connectivity index (χ1n) is 11.0. The number of methoxy groups -OCH3 is 1. The Kier molecular flexibility index (Phi) is 6.71. The molecule has 3 aromatic rings. The highest BCUT2D eigenvalue weighted by Crippen LogP contribution is 2.47. The Morgan fingerprint density at radius 1 is 0.971 bits per heavy atom. The Morgan fingerprint density at radius 2 is 1.60 bits per heavy atom. The number of ketones is 1. The first-order chi connectivity index (χ1) is 16.9. The second-order valence-electron chi connectivity index (χ2n) is 8.34. The summed E-state index contributed by atoms with van der Waals surface area (Å²) in [5.41, 5.74) is 5.88. The normalized spacial score (nSPS) is 16.6. The zero-order valence-electron chi connectivity index (χ0n) is 19.0. The molecule has 7 heteroatoms. The number of allylic oxidation sites excluding steroid dienone is 2.